The summed E-state index contributed by atoms with van der Waals surface area (Å²) in [5, 5.41) is 2.93. The van der Waals surface area contributed by atoms with Crippen LogP contribution < -0.4 is 14.8 Å². The van der Waals surface area contributed by atoms with Crippen molar-refractivity contribution >= 4 is 39.1 Å². The molecular formula is C37H45BrN2O5. The van der Waals surface area contributed by atoms with Crippen LogP contribution >= 0.6 is 15.9 Å². The number of Topliss-reactive ketones (excluding diaryl/α,β-unsaturated/α-hetero) is 2. The van der Waals surface area contributed by atoms with Gasteiger partial charge >= 0.3 is 0 Å². The van der Waals surface area contributed by atoms with Gasteiger partial charge in [0.25, 0.3) is 5.91 Å². The van der Waals surface area contributed by atoms with Crippen molar-refractivity contribution in [3.63, 3.8) is 0 Å². The monoisotopic (exact) mass is 676 g/mol. The number of amides is 1. The molecule has 0 atom stereocenters. The first-order chi connectivity index (χ1) is 21.1. The maximum atomic E-state index is 14.0. The van der Waals surface area contributed by atoms with Gasteiger partial charge in [-0.15, -0.1) is 0 Å². The molecule has 1 aliphatic heterocycles. The van der Waals surface area contributed by atoms with Gasteiger partial charge in [-0.25, -0.2) is 0 Å². The minimum absolute atomic E-state index is 0.0927. The van der Waals surface area contributed by atoms with E-state index in [1.807, 2.05) is 44.2 Å². The van der Waals surface area contributed by atoms with Gasteiger partial charge in [0.2, 0.25) is 0 Å². The fraction of sp³-hybridized carbons (Fsp3) is 0.486. The summed E-state index contributed by atoms with van der Waals surface area (Å²) in [5.41, 5.74) is 6.75. The van der Waals surface area contributed by atoms with E-state index >= 15 is 0 Å². The number of ether oxygens (including phenoxy) is 2. The molecule has 0 saturated carbocycles. The summed E-state index contributed by atoms with van der Waals surface area (Å²) in [6.07, 6.45) is 3.30. The Kier molecular flexibility index (Phi) is 9.11. The second-order valence-electron chi connectivity index (χ2n) is 14.4. The fourth-order valence-electron chi connectivity index (χ4n) is 7.12. The number of ketones is 2. The normalized spacial score (nSPS) is 19.4. The molecule has 0 bridgehead atoms. The van der Waals surface area contributed by atoms with Crippen LogP contribution in [-0.4, -0.2) is 42.6 Å². The minimum atomic E-state index is -0.498. The van der Waals surface area contributed by atoms with E-state index in [0.29, 0.717) is 28.8 Å². The number of nitrogens with zero attached hydrogens (tertiary/aromatic N) is 1. The molecule has 0 aromatic heterocycles. The number of benzene rings is 2. The Morgan fingerprint density at radius 1 is 0.956 bits per heavy atom. The number of carbonyl (C=O) groups is 3. The molecule has 0 saturated heterocycles. The Morgan fingerprint density at radius 2 is 1.56 bits per heavy atom. The number of halogens is 1. The van der Waals surface area contributed by atoms with Gasteiger partial charge < -0.3 is 19.7 Å². The molecule has 0 spiro atoms. The fourth-order valence-corrected chi connectivity index (χ4v) is 7.69. The summed E-state index contributed by atoms with van der Waals surface area (Å²) in [4.78, 5) is 43.2. The van der Waals surface area contributed by atoms with Crippen LogP contribution in [0.4, 0.5) is 5.69 Å². The van der Waals surface area contributed by atoms with Crippen molar-refractivity contribution in [1.29, 1.82) is 0 Å². The molecule has 5 rings (SSSR count). The number of anilines is 1. The van der Waals surface area contributed by atoms with E-state index in [9.17, 15) is 14.4 Å². The topological polar surface area (TPSA) is 84.9 Å². The lowest BCUT2D eigenvalue weighted by atomic mass is 9.63. The SMILES string of the molecule is CCCN1C2=C(C(=O)CC(C)(C)C2)C(c2cc(Br)c(OCC(=O)Nc3cc(C)ccc3C)c(OC)c2)C2=C1CC(C)(C)CC2=O. The standard InChI is InChI=1S/C37H45BrN2O5/c1-9-12-40-26-16-36(4,5)18-28(41)33(26)32(34-27(40)17-37(6,7)19-29(34)42)23-14-24(38)35(30(15-23)44-8)45-20-31(43)39-25-13-21(2)10-11-22(25)3/h10-11,13-15,32H,9,12,16-20H2,1-8H3,(H,39,43). The van der Waals surface area contributed by atoms with E-state index < -0.39 is 5.92 Å². The molecule has 240 valence electrons. The molecule has 2 aromatic carbocycles. The van der Waals surface area contributed by atoms with Crippen LogP contribution in [0, 0.1) is 24.7 Å². The average molecular weight is 678 g/mol. The lowest BCUT2D eigenvalue weighted by Gasteiger charge is -2.49. The van der Waals surface area contributed by atoms with Crippen molar-refractivity contribution in [2.24, 2.45) is 10.8 Å². The molecular weight excluding hydrogens is 632 g/mol. The number of rotatable bonds is 8. The van der Waals surface area contributed by atoms with E-state index in [1.165, 1.54) is 0 Å². The van der Waals surface area contributed by atoms with Gasteiger partial charge in [0.15, 0.2) is 29.7 Å². The van der Waals surface area contributed by atoms with E-state index in [-0.39, 0.29) is 34.9 Å². The molecule has 0 unspecified atom stereocenters. The molecule has 7 nitrogen and oxygen atoms in total. The van der Waals surface area contributed by atoms with Crippen LogP contribution in [0.3, 0.4) is 0 Å². The summed E-state index contributed by atoms with van der Waals surface area (Å²) < 4.78 is 12.4. The highest BCUT2D eigenvalue weighted by Crippen LogP contribution is 2.55. The zero-order chi connectivity index (χ0) is 32.8. The predicted octanol–water partition coefficient (Wildman–Crippen LogP) is 8.19. The first kappa shape index (κ1) is 33.0. The average Bonchev–Trinajstić information content (AvgIpc) is 2.93. The number of carbonyl (C=O) groups excluding carboxylic acids is 3. The van der Waals surface area contributed by atoms with Crippen LogP contribution in [0.2, 0.25) is 0 Å². The van der Waals surface area contributed by atoms with Crippen molar-refractivity contribution in [1.82, 2.24) is 4.90 Å². The van der Waals surface area contributed by atoms with E-state index in [1.54, 1.807) is 7.11 Å². The summed E-state index contributed by atoms with van der Waals surface area (Å²) in [7, 11) is 1.55. The third-order valence-electron chi connectivity index (χ3n) is 9.07. The van der Waals surface area contributed by atoms with Crippen molar-refractivity contribution in [2.45, 2.75) is 86.5 Å². The summed E-state index contributed by atoms with van der Waals surface area (Å²) in [6, 6.07) is 9.67. The molecule has 45 heavy (non-hydrogen) atoms. The molecule has 3 aliphatic rings. The lowest BCUT2D eigenvalue weighted by molar-refractivity contribution is -0.120. The third-order valence-corrected chi connectivity index (χ3v) is 9.66. The molecule has 0 fully saturated rings. The number of hydrogen-bond donors (Lipinski definition) is 1. The van der Waals surface area contributed by atoms with Gasteiger partial charge in [0.05, 0.1) is 11.6 Å². The summed E-state index contributed by atoms with van der Waals surface area (Å²) in [5.74, 6) is 0.204. The molecule has 2 aliphatic carbocycles. The van der Waals surface area contributed by atoms with E-state index in [4.69, 9.17) is 9.47 Å². The van der Waals surface area contributed by atoms with Crippen molar-refractivity contribution in [3.8, 4) is 11.5 Å². The number of allylic oxidation sites excluding steroid dienone is 4. The largest absolute Gasteiger partial charge is 0.493 e. The Morgan fingerprint density at radius 3 is 2.11 bits per heavy atom. The van der Waals surface area contributed by atoms with E-state index in [0.717, 1.165) is 70.7 Å². The maximum absolute atomic E-state index is 14.0. The van der Waals surface area contributed by atoms with Crippen LogP contribution in [0.5, 0.6) is 11.5 Å². The highest BCUT2D eigenvalue weighted by molar-refractivity contribution is 9.10. The molecule has 2 aromatic rings. The van der Waals surface area contributed by atoms with Crippen LogP contribution in [0.15, 0.2) is 57.3 Å². The minimum Gasteiger partial charge on any atom is -0.493 e. The second kappa shape index (κ2) is 12.4. The summed E-state index contributed by atoms with van der Waals surface area (Å²) >= 11 is 3.67. The Bertz CT molecular complexity index is 1580. The zero-order valence-electron chi connectivity index (χ0n) is 27.8. The Hall–Kier alpha value is -3.39. The molecule has 0 radical (unpaired) electrons. The van der Waals surface area contributed by atoms with E-state index in [2.05, 4.69) is 60.8 Å². The Labute approximate surface area is 275 Å². The van der Waals surface area contributed by atoms with Gasteiger partial charge in [-0.3, -0.25) is 14.4 Å². The quantitative estimate of drug-likeness (QED) is 0.304. The number of nitrogens with one attached hydrogen (secondary N) is 1. The van der Waals surface area contributed by atoms with Gasteiger partial charge in [0, 0.05) is 53.5 Å². The van der Waals surface area contributed by atoms with Gasteiger partial charge in [-0.1, -0.05) is 46.8 Å². The number of aryl methyl sites for hydroxylation is 2. The van der Waals surface area contributed by atoms with Crippen LogP contribution in [0.1, 0.15) is 89.3 Å². The predicted molar refractivity (Wildman–Crippen MR) is 181 cm³/mol. The first-order valence-electron chi connectivity index (χ1n) is 15.8. The third kappa shape index (κ3) is 6.62. The van der Waals surface area contributed by atoms with Crippen LogP contribution in [0.25, 0.3) is 0 Å². The lowest BCUT2D eigenvalue weighted by Crippen LogP contribution is -2.44. The number of methoxy groups -OCH3 is 1. The van der Waals surface area contributed by atoms with Gasteiger partial charge in [-0.2, -0.15) is 0 Å². The number of hydrogen-bond acceptors (Lipinski definition) is 6. The smallest absolute Gasteiger partial charge is 0.262 e. The van der Waals surface area contributed by atoms with Crippen molar-refractivity contribution in [3.05, 3.63) is 74.0 Å². The molecule has 1 N–H and O–H groups in total. The van der Waals surface area contributed by atoms with Crippen LogP contribution in [-0.2, 0) is 14.4 Å². The van der Waals surface area contributed by atoms with Gasteiger partial charge in [0.1, 0.15) is 0 Å². The summed E-state index contributed by atoms with van der Waals surface area (Å²) in [6.45, 7) is 15.2. The highest BCUT2D eigenvalue weighted by Gasteiger charge is 2.49. The van der Waals surface area contributed by atoms with Gasteiger partial charge in [-0.05, 0) is 94.8 Å². The van der Waals surface area contributed by atoms with Crippen molar-refractivity contribution < 1.29 is 23.9 Å². The highest BCUT2D eigenvalue weighted by atomic mass is 79.9. The molecule has 1 amide bonds. The second-order valence-corrected chi connectivity index (χ2v) is 15.2. The Balaban J connectivity index is 1.55. The maximum Gasteiger partial charge on any atom is 0.262 e. The molecule has 8 heteroatoms. The first-order valence-corrected chi connectivity index (χ1v) is 16.6. The zero-order valence-corrected chi connectivity index (χ0v) is 29.4. The van der Waals surface area contributed by atoms with Crippen molar-refractivity contribution in [2.75, 3.05) is 25.6 Å². The molecule has 1 heterocycles.